The van der Waals surface area contributed by atoms with Crippen molar-refractivity contribution in [2.24, 2.45) is 0 Å². The largest absolute Gasteiger partial charge is 0.322 e. The SMILES string of the molecule is Cc1ccc(S(=O)(=O)N2CCN(Cc3ccc(C(=O)Nc4ccc(Cl)cc4C)cc3)CC2)cc1. The summed E-state index contributed by atoms with van der Waals surface area (Å²) in [4.78, 5) is 15.2. The summed E-state index contributed by atoms with van der Waals surface area (Å²) in [6.07, 6.45) is 0. The number of anilines is 1. The Morgan fingerprint density at radius 3 is 2.18 bits per heavy atom. The highest BCUT2D eigenvalue weighted by Crippen LogP contribution is 2.21. The van der Waals surface area contributed by atoms with E-state index in [1.807, 2.05) is 56.3 Å². The number of benzene rings is 3. The first-order chi connectivity index (χ1) is 16.2. The van der Waals surface area contributed by atoms with Crippen molar-refractivity contribution >= 4 is 33.2 Å². The zero-order valence-corrected chi connectivity index (χ0v) is 20.9. The van der Waals surface area contributed by atoms with E-state index in [1.54, 1.807) is 28.6 Å². The van der Waals surface area contributed by atoms with Crippen LogP contribution in [0, 0.1) is 13.8 Å². The molecule has 1 amide bonds. The van der Waals surface area contributed by atoms with Gasteiger partial charge in [-0.3, -0.25) is 9.69 Å². The Labute approximate surface area is 206 Å². The molecule has 1 aliphatic rings. The van der Waals surface area contributed by atoms with E-state index in [-0.39, 0.29) is 5.91 Å². The number of halogens is 1. The van der Waals surface area contributed by atoms with Gasteiger partial charge in [0, 0.05) is 49.0 Å². The Kier molecular flexibility index (Phi) is 7.38. The maximum atomic E-state index is 12.9. The van der Waals surface area contributed by atoms with E-state index in [1.165, 1.54) is 0 Å². The fraction of sp³-hybridized carbons (Fsp3) is 0.269. The van der Waals surface area contributed by atoms with E-state index in [9.17, 15) is 13.2 Å². The van der Waals surface area contributed by atoms with Crippen LogP contribution in [0.25, 0.3) is 0 Å². The monoisotopic (exact) mass is 497 g/mol. The number of amides is 1. The van der Waals surface area contributed by atoms with E-state index in [0.29, 0.717) is 48.2 Å². The first kappa shape index (κ1) is 24.4. The normalized spacial score (nSPS) is 15.3. The van der Waals surface area contributed by atoms with Crippen LogP contribution in [0.5, 0.6) is 0 Å². The van der Waals surface area contributed by atoms with Crippen LogP contribution in [0.4, 0.5) is 5.69 Å². The molecule has 0 aromatic heterocycles. The Hall–Kier alpha value is -2.71. The maximum absolute atomic E-state index is 12.9. The second-order valence-corrected chi connectivity index (χ2v) is 11.0. The van der Waals surface area contributed by atoms with Crippen molar-refractivity contribution in [1.82, 2.24) is 9.21 Å². The van der Waals surface area contributed by atoms with Crippen LogP contribution in [0.15, 0.2) is 71.6 Å². The molecule has 1 heterocycles. The van der Waals surface area contributed by atoms with Gasteiger partial charge in [0.15, 0.2) is 0 Å². The van der Waals surface area contributed by atoms with Gasteiger partial charge in [0.1, 0.15) is 0 Å². The second kappa shape index (κ2) is 10.3. The Balaban J connectivity index is 1.32. The molecule has 8 heteroatoms. The molecule has 4 rings (SSSR count). The number of rotatable bonds is 6. The predicted octanol–water partition coefficient (Wildman–Crippen LogP) is 4.72. The summed E-state index contributed by atoms with van der Waals surface area (Å²) in [5.74, 6) is -0.174. The lowest BCUT2D eigenvalue weighted by atomic mass is 10.1. The average molecular weight is 498 g/mol. The minimum Gasteiger partial charge on any atom is -0.322 e. The number of aryl methyl sites for hydroxylation is 2. The first-order valence-electron chi connectivity index (χ1n) is 11.2. The van der Waals surface area contributed by atoms with Crippen LogP contribution in [0.1, 0.15) is 27.0 Å². The minimum atomic E-state index is -3.47. The third-order valence-corrected chi connectivity index (χ3v) is 8.20. The number of hydrogen-bond donors (Lipinski definition) is 1. The molecule has 0 radical (unpaired) electrons. The maximum Gasteiger partial charge on any atom is 0.255 e. The van der Waals surface area contributed by atoms with E-state index in [4.69, 9.17) is 11.6 Å². The molecule has 1 aliphatic heterocycles. The van der Waals surface area contributed by atoms with Gasteiger partial charge < -0.3 is 5.32 Å². The molecule has 178 valence electrons. The van der Waals surface area contributed by atoms with Crippen molar-refractivity contribution in [2.75, 3.05) is 31.5 Å². The molecule has 1 fully saturated rings. The summed E-state index contributed by atoms with van der Waals surface area (Å²) < 4.78 is 27.3. The van der Waals surface area contributed by atoms with Gasteiger partial charge in [0.25, 0.3) is 5.91 Å². The van der Waals surface area contributed by atoms with Crippen LogP contribution in [-0.4, -0.2) is 49.7 Å². The summed E-state index contributed by atoms with van der Waals surface area (Å²) >= 11 is 5.98. The predicted molar refractivity (Wildman–Crippen MR) is 136 cm³/mol. The molecule has 34 heavy (non-hydrogen) atoms. The van der Waals surface area contributed by atoms with Crippen molar-refractivity contribution in [2.45, 2.75) is 25.3 Å². The van der Waals surface area contributed by atoms with Crippen LogP contribution in [0.2, 0.25) is 5.02 Å². The average Bonchev–Trinajstić information content (AvgIpc) is 2.82. The van der Waals surface area contributed by atoms with Crippen LogP contribution in [-0.2, 0) is 16.6 Å². The van der Waals surface area contributed by atoms with E-state index in [0.717, 1.165) is 22.4 Å². The van der Waals surface area contributed by atoms with Gasteiger partial charge in [-0.25, -0.2) is 8.42 Å². The molecule has 3 aromatic rings. The number of nitrogens with zero attached hydrogens (tertiary/aromatic N) is 2. The Bertz CT molecular complexity index is 1270. The lowest BCUT2D eigenvalue weighted by Crippen LogP contribution is -2.48. The molecular weight excluding hydrogens is 470 g/mol. The number of carbonyl (C=O) groups excluding carboxylic acids is 1. The molecule has 1 saturated heterocycles. The second-order valence-electron chi connectivity index (χ2n) is 8.60. The van der Waals surface area contributed by atoms with Crippen molar-refractivity contribution in [3.63, 3.8) is 0 Å². The molecule has 0 atom stereocenters. The fourth-order valence-corrected chi connectivity index (χ4v) is 5.62. The standard InChI is InChI=1S/C26H28ClN3O3S/c1-19-3-10-24(11-4-19)34(32,33)30-15-13-29(14-16-30)18-21-5-7-22(8-6-21)26(31)28-25-12-9-23(27)17-20(25)2/h3-12,17H,13-16,18H2,1-2H3,(H,28,31). The van der Waals surface area contributed by atoms with Crippen molar-refractivity contribution in [1.29, 1.82) is 0 Å². The molecular formula is C26H28ClN3O3S. The van der Waals surface area contributed by atoms with Crippen LogP contribution in [0.3, 0.4) is 0 Å². The van der Waals surface area contributed by atoms with Gasteiger partial charge in [-0.2, -0.15) is 4.31 Å². The third kappa shape index (κ3) is 5.67. The van der Waals surface area contributed by atoms with E-state index < -0.39 is 10.0 Å². The van der Waals surface area contributed by atoms with Gasteiger partial charge in [-0.15, -0.1) is 0 Å². The zero-order valence-electron chi connectivity index (χ0n) is 19.3. The number of sulfonamides is 1. The molecule has 1 N–H and O–H groups in total. The van der Waals surface area contributed by atoms with Crippen molar-refractivity contribution < 1.29 is 13.2 Å². The lowest BCUT2D eigenvalue weighted by molar-refractivity contribution is 0.102. The van der Waals surface area contributed by atoms with Gasteiger partial charge in [-0.05, 0) is 67.4 Å². The van der Waals surface area contributed by atoms with Crippen LogP contribution < -0.4 is 5.32 Å². The Morgan fingerprint density at radius 2 is 1.56 bits per heavy atom. The van der Waals surface area contributed by atoms with Gasteiger partial charge in [0.05, 0.1) is 4.90 Å². The highest BCUT2D eigenvalue weighted by molar-refractivity contribution is 7.89. The molecule has 0 spiro atoms. The van der Waals surface area contributed by atoms with Crippen molar-refractivity contribution in [3.8, 4) is 0 Å². The van der Waals surface area contributed by atoms with E-state index in [2.05, 4.69) is 10.2 Å². The molecule has 0 aliphatic carbocycles. The zero-order chi connectivity index (χ0) is 24.3. The smallest absolute Gasteiger partial charge is 0.255 e. The molecule has 0 unspecified atom stereocenters. The first-order valence-corrected chi connectivity index (χ1v) is 13.0. The lowest BCUT2D eigenvalue weighted by Gasteiger charge is -2.34. The fourth-order valence-electron chi connectivity index (χ4n) is 3.97. The molecule has 6 nitrogen and oxygen atoms in total. The molecule has 0 saturated carbocycles. The summed E-state index contributed by atoms with van der Waals surface area (Å²) in [6.45, 7) is 6.77. The summed E-state index contributed by atoms with van der Waals surface area (Å²) in [6, 6.07) is 19.9. The number of nitrogens with one attached hydrogen (secondary N) is 1. The van der Waals surface area contributed by atoms with Gasteiger partial charge in [0.2, 0.25) is 10.0 Å². The summed E-state index contributed by atoms with van der Waals surface area (Å²) in [7, 11) is -3.47. The van der Waals surface area contributed by atoms with Gasteiger partial charge >= 0.3 is 0 Å². The van der Waals surface area contributed by atoms with Gasteiger partial charge in [-0.1, -0.05) is 41.4 Å². The molecule has 3 aromatic carbocycles. The highest BCUT2D eigenvalue weighted by Gasteiger charge is 2.28. The Morgan fingerprint density at radius 1 is 0.912 bits per heavy atom. The number of carbonyl (C=O) groups is 1. The quantitative estimate of drug-likeness (QED) is 0.535. The minimum absolute atomic E-state index is 0.174. The third-order valence-electron chi connectivity index (χ3n) is 6.05. The highest BCUT2D eigenvalue weighted by atomic mass is 35.5. The topological polar surface area (TPSA) is 69.7 Å². The summed E-state index contributed by atoms with van der Waals surface area (Å²) in [5, 5.41) is 3.55. The number of hydrogen-bond acceptors (Lipinski definition) is 4. The van der Waals surface area contributed by atoms with E-state index >= 15 is 0 Å². The van der Waals surface area contributed by atoms with Crippen molar-refractivity contribution in [3.05, 3.63) is 94.0 Å². The summed E-state index contributed by atoms with van der Waals surface area (Å²) in [5.41, 5.74) is 4.33. The molecule has 0 bridgehead atoms. The number of piperazine rings is 1. The van der Waals surface area contributed by atoms with Crippen LogP contribution >= 0.6 is 11.6 Å².